The number of phenolic OH excluding ortho intramolecular Hbond substituents is 3. The number of hydrogen-bond acceptors (Lipinski definition) is 4. The van der Waals surface area contributed by atoms with E-state index in [-0.39, 0.29) is 23.4 Å². The van der Waals surface area contributed by atoms with Gasteiger partial charge < -0.3 is 20.4 Å². The Morgan fingerprint density at radius 1 is 0.750 bits per heavy atom. The number of aryl methyl sites for hydroxylation is 1. The fourth-order valence-electron chi connectivity index (χ4n) is 3.02. The summed E-state index contributed by atoms with van der Waals surface area (Å²) in [5.74, 6) is -0.365. The maximum absolute atomic E-state index is 9.74. The first kappa shape index (κ1) is 20.6. The summed E-state index contributed by atoms with van der Waals surface area (Å²) in [4.78, 5) is 0. The van der Waals surface area contributed by atoms with E-state index in [1.165, 1.54) is 51.0 Å². The predicted molar refractivity (Wildman–Crippen MR) is 97.6 cm³/mol. The van der Waals surface area contributed by atoms with E-state index < -0.39 is 0 Å². The van der Waals surface area contributed by atoms with Gasteiger partial charge in [0.2, 0.25) is 0 Å². The Hall–Kier alpha value is -1.42. The molecule has 0 spiro atoms. The van der Waals surface area contributed by atoms with Crippen LogP contribution in [0.2, 0.25) is 0 Å². The summed E-state index contributed by atoms with van der Waals surface area (Å²) in [5, 5.41) is 37.8. The molecular weight excluding hydrogens is 304 g/mol. The fourth-order valence-corrected chi connectivity index (χ4v) is 3.02. The van der Waals surface area contributed by atoms with Gasteiger partial charge >= 0.3 is 0 Å². The number of unbranched alkanes of at least 4 members (excludes halogenated alkanes) is 9. The van der Waals surface area contributed by atoms with E-state index in [4.69, 9.17) is 0 Å². The molecule has 4 heteroatoms. The van der Waals surface area contributed by atoms with E-state index in [9.17, 15) is 20.4 Å². The minimum Gasteiger partial charge on any atom is -0.508 e. The van der Waals surface area contributed by atoms with Gasteiger partial charge in [-0.15, -0.1) is 0 Å². The molecule has 1 atom stereocenters. The Kier molecular flexibility index (Phi) is 10.3. The van der Waals surface area contributed by atoms with Crippen molar-refractivity contribution < 1.29 is 20.4 Å². The highest BCUT2D eigenvalue weighted by Crippen LogP contribution is 2.34. The molecule has 0 aliphatic carbocycles. The number of hydrogen-bond donors (Lipinski definition) is 4. The minimum absolute atomic E-state index is 0.00579. The van der Waals surface area contributed by atoms with Crippen LogP contribution in [-0.2, 0) is 6.42 Å². The second kappa shape index (κ2) is 12.0. The fraction of sp³-hybridized carbons (Fsp3) is 0.700. The van der Waals surface area contributed by atoms with Crippen molar-refractivity contribution in [3.8, 4) is 17.2 Å². The van der Waals surface area contributed by atoms with E-state index in [0.29, 0.717) is 12.0 Å². The number of rotatable bonds is 13. The lowest BCUT2D eigenvalue weighted by atomic mass is 10.0. The smallest absolute Gasteiger partial charge is 0.161 e. The first-order valence-electron chi connectivity index (χ1n) is 9.42. The number of benzene rings is 1. The zero-order chi connectivity index (χ0) is 17.8. The minimum atomic E-state index is -0.251. The third-order valence-corrected chi connectivity index (χ3v) is 4.47. The van der Waals surface area contributed by atoms with Crippen molar-refractivity contribution in [3.05, 3.63) is 17.7 Å². The summed E-state index contributed by atoms with van der Waals surface area (Å²) in [5.41, 5.74) is 0.615. The molecule has 0 saturated heterocycles. The summed E-state index contributed by atoms with van der Waals surface area (Å²) in [6.45, 7) is 1.85. The third kappa shape index (κ3) is 9.02. The molecule has 0 bridgehead atoms. The topological polar surface area (TPSA) is 80.9 Å². The highest BCUT2D eigenvalue weighted by atomic mass is 16.3. The maximum atomic E-state index is 9.74. The lowest BCUT2D eigenvalue weighted by Gasteiger charge is -2.07. The van der Waals surface area contributed by atoms with E-state index in [1.807, 2.05) is 6.92 Å². The molecule has 0 radical (unpaired) electrons. The summed E-state index contributed by atoms with van der Waals surface area (Å²) in [7, 11) is 0. The molecule has 138 valence electrons. The Bertz CT molecular complexity index is 457. The van der Waals surface area contributed by atoms with Crippen LogP contribution in [0.25, 0.3) is 0 Å². The van der Waals surface area contributed by atoms with Crippen LogP contribution in [0.5, 0.6) is 17.2 Å². The quantitative estimate of drug-likeness (QED) is 0.231. The molecular formula is C20H34O4. The van der Waals surface area contributed by atoms with E-state index >= 15 is 0 Å². The van der Waals surface area contributed by atoms with Gasteiger partial charge in [-0.3, -0.25) is 0 Å². The molecule has 0 amide bonds. The van der Waals surface area contributed by atoms with Gasteiger partial charge in [0.15, 0.2) is 11.5 Å². The van der Waals surface area contributed by atoms with Crippen LogP contribution in [-0.4, -0.2) is 26.5 Å². The molecule has 0 unspecified atom stereocenters. The SMILES string of the molecule is C[C@H](O)CCCCCCCCCCCCc1cc(O)cc(O)c1O. The number of aliphatic hydroxyl groups excluding tert-OH is 1. The number of aromatic hydroxyl groups is 3. The molecule has 1 rings (SSSR count). The zero-order valence-corrected chi connectivity index (χ0v) is 15.0. The van der Waals surface area contributed by atoms with Gasteiger partial charge in [-0.05, 0) is 32.3 Å². The Morgan fingerprint density at radius 2 is 1.25 bits per heavy atom. The molecule has 0 aliphatic heterocycles. The molecule has 0 aromatic heterocycles. The largest absolute Gasteiger partial charge is 0.508 e. The van der Waals surface area contributed by atoms with Crippen LogP contribution in [0.4, 0.5) is 0 Å². The first-order chi connectivity index (χ1) is 11.5. The lowest BCUT2D eigenvalue weighted by Crippen LogP contribution is -1.98. The summed E-state index contributed by atoms with van der Waals surface area (Å²) in [6, 6.07) is 2.68. The van der Waals surface area contributed by atoms with Gasteiger partial charge in [-0.2, -0.15) is 0 Å². The molecule has 1 aromatic rings. The van der Waals surface area contributed by atoms with Crippen LogP contribution in [0, 0.1) is 0 Å². The van der Waals surface area contributed by atoms with Crippen molar-refractivity contribution in [2.45, 2.75) is 90.1 Å². The van der Waals surface area contributed by atoms with Crippen LogP contribution in [0.15, 0.2) is 12.1 Å². The molecule has 0 aliphatic rings. The maximum Gasteiger partial charge on any atom is 0.161 e. The molecule has 4 N–H and O–H groups in total. The van der Waals surface area contributed by atoms with Crippen molar-refractivity contribution >= 4 is 0 Å². The lowest BCUT2D eigenvalue weighted by molar-refractivity contribution is 0.180. The third-order valence-electron chi connectivity index (χ3n) is 4.47. The van der Waals surface area contributed by atoms with Gasteiger partial charge in [-0.25, -0.2) is 0 Å². The molecule has 1 aromatic carbocycles. The van der Waals surface area contributed by atoms with Crippen molar-refractivity contribution in [2.75, 3.05) is 0 Å². The standard InChI is InChI=1S/C20H34O4/c1-16(21)12-10-8-6-4-2-3-5-7-9-11-13-17-14-18(22)15-19(23)20(17)24/h14-16,21-24H,2-13H2,1H3/t16-/m0/s1. The van der Waals surface area contributed by atoms with Crippen molar-refractivity contribution in [1.29, 1.82) is 0 Å². The summed E-state index contributed by atoms with van der Waals surface area (Å²) in [6.07, 6.45) is 13.4. The monoisotopic (exact) mass is 338 g/mol. The molecule has 0 fully saturated rings. The highest BCUT2D eigenvalue weighted by molar-refractivity contribution is 5.49. The van der Waals surface area contributed by atoms with Gasteiger partial charge in [0.1, 0.15) is 5.75 Å². The van der Waals surface area contributed by atoms with Gasteiger partial charge in [0.05, 0.1) is 6.10 Å². The normalized spacial score (nSPS) is 12.4. The van der Waals surface area contributed by atoms with Gasteiger partial charge in [0.25, 0.3) is 0 Å². The molecule has 0 heterocycles. The highest BCUT2D eigenvalue weighted by Gasteiger charge is 2.08. The zero-order valence-electron chi connectivity index (χ0n) is 15.0. The molecule has 4 nitrogen and oxygen atoms in total. The van der Waals surface area contributed by atoms with E-state index in [2.05, 4.69) is 0 Å². The second-order valence-electron chi connectivity index (χ2n) is 6.90. The summed E-state index contributed by atoms with van der Waals surface area (Å²) < 4.78 is 0. The average Bonchev–Trinajstić information content (AvgIpc) is 2.52. The van der Waals surface area contributed by atoms with Gasteiger partial charge in [0, 0.05) is 11.6 Å². The van der Waals surface area contributed by atoms with Crippen molar-refractivity contribution in [2.24, 2.45) is 0 Å². The number of aliphatic hydroxyl groups is 1. The van der Waals surface area contributed by atoms with Crippen LogP contribution >= 0.6 is 0 Å². The second-order valence-corrected chi connectivity index (χ2v) is 6.90. The van der Waals surface area contributed by atoms with Crippen molar-refractivity contribution in [1.82, 2.24) is 0 Å². The van der Waals surface area contributed by atoms with Crippen molar-refractivity contribution in [3.63, 3.8) is 0 Å². The van der Waals surface area contributed by atoms with Crippen LogP contribution < -0.4 is 0 Å². The Labute approximate surface area is 146 Å². The Balaban J connectivity index is 1.96. The van der Waals surface area contributed by atoms with E-state index in [0.717, 1.165) is 31.7 Å². The Morgan fingerprint density at radius 3 is 1.79 bits per heavy atom. The predicted octanol–water partition coefficient (Wildman–Crippen LogP) is 5.02. The number of phenols is 3. The van der Waals surface area contributed by atoms with Crippen LogP contribution in [0.1, 0.15) is 83.1 Å². The first-order valence-corrected chi connectivity index (χ1v) is 9.42. The van der Waals surface area contributed by atoms with Gasteiger partial charge in [-0.1, -0.05) is 57.8 Å². The molecule has 0 saturated carbocycles. The van der Waals surface area contributed by atoms with Crippen LogP contribution in [0.3, 0.4) is 0 Å². The average molecular weight is 338 g/mol. The molecule has 24 heavy (non-hydrogen) atoms. The summed E-state index contributed by atoms with van der Waals surface area (Å²) >= 11 is 0. The van der Waals surface area contributed by atoms with E-state index in [1.54, 1.807) is 0 Å².